The van der Waals surface area contributed by atoms with Crippen molar-refractivity contribution in [2.24, 2.45) is 0 Å². The van der Waals surface area contributed by atoms with Gasteiger partial charge in [-0.2, -0.15) is 16.8 Å². The number of benzene rings is 1. The summed E-state index contributed by atoms with van der Waals surface area (Å²) in [5.41, 5.74) is 2.16. The number of piperazine rings is 1. The number of para-hydroxylation sites is 2. The van der Waals surface area contributed by atoms with Crippen molar-refractivity contribution in [3.8, 4) is 0 Å². The summed E-state index contributed by atoms with van der Waals surface area (Å²) in [5, 5.41) is 0. The molecule has 1 aromatic carbocycles. The number of hydrogen-bond donors (Lipinski definition) is 5. The molecule has 184 valence electrons. The molecule has 0 radical (unpaired) electrons. The van der Waals surface area contributed by atoms with Crippen LogP contribution in [-0.2, 0) is 27.3 Å². The van der Waals surface area contributed by atoms with Gasteiger partial charge in [-0.25, -0.2) is 9.97 Å². The monoisotopic (exact) mass is 507 g/mol. The molecule has 3 aromatic rings. The lowest BCUT2D eigenvalue weighted by Crippen LogP contribution is -2.46. The van der Waals surface area contributed by atoms with Crippen molar-refractivity contribution >= 4 is 37.6 Å². The average Bonchev–Trinajstić information content (AvgIpc) is 3.09. The minimum Gasteiger partial charge on any atom is -0.412 e. The van der Waals surface area contributed by atoms with Crippen molar-refractivity contribution in [3.05, 3.63) is 54.5 Å². The van der Waals surface area contributed by atoms with Gasteiger partial charge in [0, 0.05) is 32.4 Å². The molecule has 1 fully saturated rings. The molecule has 2 aromatic heterocycles. The first-order chi connectivity index (χ1) is 14.9. The number of fused-ring (bicyclic) bond motifs is 1. The van der Waals surface area contributed by atoms with Crippen LogP contribution in [0.5, 0.6) is 0 Å². The van der Waals surface area contributed by atoms with E-state index in [4.69, 9.17) is 35.0 Å². The number of hydrogen-bond acceptors (Lipinski definition) is 8. The molecule has 1 aliphatic heterocycles. The van der Waals surface area contributed by atoms with Crippen molar-refractivity contribution in [2.75, 3.05) is 31.1 Å². The normalized spacial score (nSPS) is 14.4. The SMILES string of the molecule is O.O=S(=O)(O)O.O=S(=O)(O)O.c1ccc(N2CCN(Cc3nc4ccccc4[nH]3)CC2)nc1. The highest BCUT2D eigenvalue weighted by Crippen LogP contribution is 2.15. The standard InChI is InChI=1S/C17H19N5.2H2O4S.H2O/c1-2-6-15-14(5-1)19-16(20-15)13-21-9-11-22(12-10-21)17-7-3-4-8-18-17;2*1-5(2,3)4;/h1-8H,9-13H2,(H,19,20);2*(H2,1,2,3,4);1H2. The highest BCUT2D eigenvalue weighted by Gasteiger charge is 2.18. The molecule has 7 N–H and O–H groups in total. The van der Waals surface area contributed by atoms with E-state index in [1.807, 2.05) is 36.5 Å². The lowest BCUT2D eigenvalue weighted by molar-refractivity contribution is 0.244. The number of anilines is 1. The van der Waals surface area contributed by atoms with Crippen molar-refractivity contribution in [2.45, 2.75) is 6.54 Å². The van der Waals surface area contributed by atoms with Crippen LogP contribution in [0.15, 0.2) is 48.7 Å². The summed E-state index contributed by atoms with van der Waals surface area (Å²) in [6, 6.07) is 14.3. The maximum absolute atomic E-state index is 8.74. The molecule has 14 nitrogen and oxygen atoms in total. The van der Waals surface area contributed by atoms with E-state index in [-0.39, 0.29) is 5.48 Å². The lowest BCUT2D eigenvalue weighted by atomic mass is 10.3. The van der Waals surface area contributed by atoms with E-state index in [9.17, 15) is 0 Å². The maximum atomic E-state index is 8.74. The summed E-state index contributed by atoms with van der Waals surface area (Å²) in [5.74, 6) is 2.12. The molecule has 0 unspecified atom stereocenters. The first-order valence-electron chi connectivity index (χ1n) is 9.10. The smallest absolute Gasteiger partial charge is 0.394 e. The Kier molecular flexibility index (Phi) is 10.7. The second-order valence-electron chi connectivity index (χ2n) is 6.55. The van der Waals surface area contributed by atoms with Crippen molar-refractivity contribution < 1.29 is 40.5 Å². The number of rotatable bonds is 3. The van der Waals surface area contributed by atoms with Gasteiger partial charge in [-0.15, -0.1) is 0 Å². The predicted molar refractivity (Wildman–Crippen MR) is 120 cm³/mol. The summed E-state index contributed by atoms with van der Waals surface area (Å²) >= 11 is 0. The topological polar surface area (TPSA) is 229 Å². The summed E-state index contributed by atoms with van der Waals surface area (Å²) in [6.07, 6.45) is 1.86. The fourth-order valence-corrected chi connectivity index (χ4v) is 2.97. The molecule has 0 amide bonds. The van der Waals surface area contributed by atoms with Gasteiger partial charge in [0.05, 0.1) is 17.6 Å². The minimum absolute atomic E-state index is 0. The van der Waals surface area contributed by atoms with Gasteiger partial charge in [0.2, 0.25) is 0 Å². The van der Waals surface area contributed by atoms with Crippen LogP contribution < -0.4 is 4.90 Å². The van der Waals surface area contributed by atoms with Crippen LogP contribution >= 0.6 is 0 Å². The molecule has 3 heterocycles. The van der Waals surface area contributed by atoms with E-state index in [0.29, 0.717) is 0 Å². The second kappa shape index (κ2) is 12.5. The number of pyridine rings is 1. The highest BCUT2D eigenvalue weighted by atomic mass is 32.3. The summed E-state index contributed by atoms with van der Waals surface area (Å²) in [7, 11) is -9.33. The van der Waals surface area contributed by atoms with Crippen molar-refractivity contribution in [3.63, 3.8) is 0 Å². The summed E-state index contributed by atoms with van der Waals surface area (Å²) in [4.78, 5) is 17.3. The Morgan fingerprint density at radius 3 is 1.91 bits per heavy atom. The summed E-state index contributed by atoms with van der Waals surface area (Å²) < 4.78 is 63.2. The van der Waals surface area contributed by atoms with E-state index in [1.54, 1.807) is 0 Å². The van der Waals surface area contributed by atoms with E-state index in [2.05, 4.69) is 36.9 Å². The Bertz CT molecular complexity index is 1120. The Morgan fingerprint density at radius 1 is 0.848 bits per heavy atom. The molecule has 4 rings (SSSR count). The number of aromatic nitrogens is 3. The van der Waals surface area contributed by atoms with Crippen LogP contribution in [0.2, 0.25) is 0 Å². The van der Waals surface area contributed by atoms with Gasteiger partial charge in [0.15, 0.2) is 0 Å². The number of nitrogens with one attached hydrogen (secondary N) is 1. The van der Waals surface area contributed by atoms with E-state index < -0.39 is 20.8 Å². The molecule has 1 aliphatic rings. The highest BCUT2D eigenvalue weighted by molar-refractivity contribution is 7.80. The number of imidazole rings is 1. The summed E-state index contributed by atoms with van der Waals surface area (Å²) in [6.45, 7) is 4.97. The lowest BCUT2D eigenvalue weighted by Gasteiger charge is -2.34. The third-order valence-corrected chi connectivity index (χ3v) is 4.16. The quantitative estimate of drug-likeness (QED) is 0.298. The molecule has 0 spiro atoms. The third-order valence-electron chi connectivity index (χ3n) is 4.16. The van der Waals surface area contributed by atoms with Crippen LogP contribution in [0.3, 0.4) is 0 Å². The van der Waals surface area contributed by atoms with Gasteiger partial charge in [-0.3, -0.25) is 23.1 Å². The minimum atomic E-state index is -4.67. The Hall–Kier alpha value is -2.70. The fraction of sp³-hybridized carbons (Fsp3) is 0.294. The van der Waals surface area contributed by atoms with Gasteiger partial charge >= 0.3 is 20.8 Å². The Labute approximate surface area is 190 Å². The van der Waals surface area contributed by atoms with Gasteiger partial charge in [0.25, 0.3) is 0 Å². The first-order valence-corrected chi connectivity index (χ1v) is 11.9. The zero-order valence-corrected chi connectivity index (χ0v) is 18.8. The van der Waals surface area contributed by atoms with E-state index >= 15 is 0 Å². The second-order valence-corrected chi connectivity index (χ2v) is 8.34. The first kappa shape index (κ1) is 28.3. The Morgan fingerprint density at radius 2 is 1.39 bits per heavy atom. The zero-order valence-electron chi connectivity index (χ0n) is 17.2. The van der Waals surface area contributed by atoms with Crippen molar-refractivity contribution in [1.82, 2.24) is 19.9 Å². The molecule has 0 saturated carbocycles. The van der Waals surface area contributed by atoms with Crippen LogP contribution in [0.25, 0.3) is 11.0 Å². The molecule has 0 aliphatic carbocycles. The molecule has 0 atom stereocenters. The molecule has 33 heavy (non-hydrogen) atoms. The Balaban J connectivity index is 0.000000422. The largest absolute Gasteiger partial charge is 0.412 e. The zero-order chi connectivity index (χ0) is 23.8. The number of aromatic amines is 1. The maximum Gasteiger partial charge on any atom is 0.394 e. The molecule has 16 heteroatoms. The van der Waals surface area contributed by atoms with E-state index in [0.717, 1.165) is 55.4 Å². The van der Waals surface area contributed by atoms with Gasteiger partial charge < -0.3 is 15.4 Å². The van der Waals surface area contributed by atoms with Crippen LogP contribution in [0, 0.1) is 0 Å². The average molecular weight is 508 g/mol. The number of nitrogens with zero attached hydrogens (tertiary/aromatic N) is 4. The fourth-order valence-electron chi connectivity index (χ4n) is 2.97. The van der Waals surface area contributed by atoms with Gasteiger partial charge in [-0.1, -0.05) is 18.2 Å². The predicted octanol–water partition coefficient (Wildman–Crippen LogP) is 0.150. The molecule has 1 saturated heterocycles. The van der Waals surface area contributed by atoms with E-state index in [1.165, 1.54) is 0 Å². The van der Waals surface area contributed by atoms with Crippen LogP contribution in [0.4, 0.5) is 5.82 Å². The van der Waals surface area contributed by atoms with Crippen LogP contribution in [-0.4, -0.2) is 86.6 Å². The van der Waals surface area contributed by atoms with Crippen LogP contribution in [0.1, 0.15) is 5.82 Å². The van der Waals surface area contributed by atoms with Gasteiger partial charge in [0.1, 0.15) is 11.6 Å². The number of H-pyrrole nitrogens is 1. The third kappa shape index (κ3) is 12.2. The van der Waals surface area contributed by atoms with Gasteiger partial charge in [-0.05, 0) is 24.3 Å². The molecular weight excluding hydrogens is 482 g/mol. The molecular formula is C17H25N5O9S2. The van der Waals surface area contributed by atoms with Crippen molar-refractivity contribution in [1.29, 1.82) is 0 Å². The molecule has 0 bridgehead atoms.